The first kappa shape index (κ1) is 19.5. The van der Waals surface area contributed by atoms with E-state index in [4.69, 9.17) is 9.26 Å². The number of hydrogen-bond donors (Lipinski definition) is 1. The molecule has 0 bridgehead atoms. The number of nitrogens with zero attached hydrogens (tertiary/aromatic N) is 4. The smallest absolute Gasteiger partial charge is 0.296 e. The van der Waals surface area contributed by atoms with E-state index in [1.54, 1.807) is 6.92 Å². The zero-order chi connectivity index (χ0) is 19.2. The normalized spacial score (nSPS) is 15.3. The summed E-state index contributed by atoms with van der Waals surface area (Å²) in [7, 11) is 0. The highest BCUT2D eigenvalue weighted by atomic mass is 16.5. The van der Waals surface area contributed by atoms with Crippen molar-refractivity contribution in [1.29, 1.82) is 0 Å². The molecule has 1 amide bonds. The number of fused-ring (bicyclic) bond motifs is 1. The Morgan fingerprint density at radius 1 is 1.19 bits per heavy atom. The molecule has 3 heterocycles. The van der Waals surface area contributed by atoms with Crippen LogP contribution in [0.15, 0.2) is 9.32 Å². The summed E-state index contributed by atoms with van der Waals surface area (Å²) < 4.78 is 11.8. The monoisotopic (exact) mass is 377 g/mol. The van der Waals surface area contributed by atoms with E-state index in [1.165, 1.54) is 4.68 Å². The molecule has 0 aromatic carbocycles. The number of aromatic nitrogens is 3. The van der Waals surface area contributed by atoms with Crippen molar-refractivity contribution in [3.05, 3.63) is 21.8 Å². The fraction of sp³-hybridized carbons (Fsp3) is 0.667. The maximum absolute atomic E-state index is 12.4. The number of morpholine rings is 1. The first-order chi connectivity index (χ1) is 13.1. The minimum Gasteiger partial charge on any atom is -0.379 e. The summed E-state index contributed by atoms with van der Waals surface area (Å²) in [5.74, 6) is 0.593. The molecule has 0 spiro atoms. The molecule has 148 valence electrons. The van der Waals surface area contributed by atoms with Crippen LogP contribution in [0.25, 0.3) is 10.9 Å². The fourth-order valence-electron chi connectivity index (χ4n) is 3.33. The summed E-state index contributed by atoms with van der Waals surface area (Å²) >= 11 is 0. The third-order valence-electron chi connectivity index (χ3n) is 4.78. The first-order valence-corrected chi connectivity index (χ1v) is 9.47. The Balaban J connectivity index is 1.40. The van der Waals surface area contributed by atoms with Gasteiger partial charge in [-0.15, -0.1) is 0 Å². The quantitative estimate of drug-likeness (QED) is 0.673. The van der Waals surface area contributed by atoms with Gasteiger partial charge < -0.3 is 14.6 Å². The van der Waals surface area contributed by atoms with Gasteiger partial charge in [-0.05, 0) is 33.2 Å². The van der Waals surface area contributed by atoms with Gasteiger partial charge in [-0.3, -0.25) is 14.5 Å². The number of hydrogen-bond acceptors (Lipinski definition) is 7. The largest absolute Gasteiger partial charge is 0.379 e. The molecule has 0 radical (unpaired) electrons. The maximum atomic E-state index is 12.4. The van der Waals surface area contributed by atoms with Crippen LogP contribution >= 0.6 is 0 Å². The molecule has 1 N–H and O–H groups in total. The van der Waals surface area contributed by atoms with Gasteiger partial charge in [-0.1, -0.05) is 5.16 Å². The molecule has 0 unspecified atom stereocenters. The van der Waals surface area contributed by atoms with Gasteiger partial charge in [0.15, 0.2) is 5.52 Å². The highest BCUT2D eigenvalue weighted by Crippen LogP contribution is 2.16. The van der Waals surface area contributed by atoms with Crippen molar-refractivity contribution >= 4 is 16.8 Å². The lowest BCUT2D eigenvalue weighted by atomic mass is 10.2. The molecule has 9 nitrogen and oxygen atoms in total. The average molecular weight is 377 g/mol. The van der Waals surface area contributed by atoms with Crippen LogP contribution in [0.2, 0.25) is 0 Å². The van der Waals surface area contributed by atoms with Crippen molar-refractivity contribution in [3.8, 4) is 0 Å². The molecule has 1 aliphatic heterocycles. The summed E-state index contributed by atoms with van der Waals surface area (Å²) in [6, 6.07) is 0. The number of ether oxygens (including phenoxy) is 1. The minimum atomic E-state index is -0.279. The lowest BCUT2D eigenvalue weighted by Gasteiger charge is -2.26. The zero-order valence-corrected chi connectivity index (χ0v) is 16.0. The van der Waals surface area contributed by atoms with Crippen molar-refractivity contribution in [3.63, 3.8) is 0 Å². The number of aryl methyl sites for hydroxylation is 3. The first-order valence-electron chi connectivity index (χ1n) is 9.47. The van der Waals surface area contributed by atoms with E-state index >= 15 is 0 Å². The van der Waals surface area contributed by atoms with E-state index in [0.29, 0.717) is 48.3 Å². The van der Waals surface area contributed by atoms with E-state index in [9.17, 15) is 9.59 Å². The molecular weight excluding hydrogens is 350 g/mol. The molecule has 0 aliphatic carbocycles. The van der Waals surface area contributed by atoms with Gasteiger partial charge in [0.25, 0.3) is 5.56 Å². The molecule has 2 aromatic rings. The molecule has 9 heteroatoms. The summed E-state index contributed by atoms with van der Waals surface area (Å²) in [4.78, 5) is 26.7. The highest BCUT2D eigenvalue weighted by molar-refractivity contribution is 5.81. The van der Waals surface area contributed by atoms with E-state index in [1.807, 2.05) is 6.92 Å². The second-order valence-corrected chi connectivity index (χ2v) is 6.84. The van der Waals surface area contributed by atoms with Crippen LogP contribution in [0.1, 0.15) is 30.7 Å². The van der Waals surface area contributed by atoms with Crippen molar-refractivity contribution in [2.24, 2.45) is 0 Å². The molecule has 3 rings (SSSR count). The van der Waals surface area contributed by atoms with Crippen LogP contribution in [0.3, 0.4) is 0 Å². The van der Waals surface area contributed by atoms with Crippen LogP contribution in [0.4, 0.5) is 0 Å². The van der Waals surface area contributed by atoms with Gasteiger partial charge >= 0.3 is 0 Å². The van der Waals surface area contributed by atoms with Crippen LogP contribution in [0.5, 0.6) is 0 Å². The summed E-state index contributed by atoms with van der Waals surface area (Å²) in [6.45, 7) is 9.10. The maximum Gasteiger partial charge on any atom is 0.296 e. The predicted molar refractivity (Wildman–Crippen MR) is 99.7 cm³/mol. The average Bonchev–Trinajstić information content (AvgIpc) is 3.06. The zero-order valence-electron chi connectivity index (χ0n) is 16.0. The van der Waals surface area contributed by atoms with Gasteiger partial charge in [0.2, 0.25) is 5.91 Å². The molecular formula is C18H27N5O4. The summed E-state index contributed by atoms with van der Waals surface area (Å²) in [6.07, 6.45) is 1.83. The van der Waals surface area contributed by atoms with Crippen LogP contribution in [-0.2, 0) is 16.1 Å². The third kappa shape index (κ3) is 4.92. The Labute approximate surface area is 157 Å². The molecule has 1 aliphatic rings. The third-order valence-corrected chi connectivity index (χ3v) is 4.78. The summed E-state index contributed by atoms with van der Waals surface area (Å²) in [5.41, 5.74) is 0.724. The van der Waals surface area contributed by atoms with Gasteiger partial charge in [0, 0.05) is 32.6 Å². The lowest BCUT2D eigenvalue weighted by Crippen LogP contribution is -2.38. The van der Waals surface area contributed by atoms with Crippen molar-refractivity contribution in [1.82, 2.24) is 25.2 Å². The van der Waals surface area contributed by atoms with Crippen LogP contribution < -0.4 is 10.9 Å². The van der Waals surface area contributed by atoms with Crippen LogP contribution in [0, 0.1) is 13.8 Å². The molecule has 0 atom stereocenters. The van der Waals surface area contributed by atoms with Crippen LogP contribution in [-0.4, -0.2) is 65.1 Å². The Bertz CT molecular complexity index is 838. The Hall–Kier alpha value is -2.26. The molecule has 0 saturated carbocycles. The molecule has 27 heavy (non-hydrogen) atoms. The second-order valence-electron chi connectivity index (χ2n) is 6.84. The van der Waals surface area contributed by atoms with E-state index in [2.05, 4.69) is 20.5 Å². The van der Waals surface area contributed by atoms with Crippen molar-refractivity contribution < 1.29 is 14.1 Å². The SMILES string of the molecule is Cc1nn(CCCC(=O)NCCCN2CCOCC2)c(=O)c2noc(C)c12. The molecule has 2 aromatic heterocycles. The van der Waals surface area contributed by atoms with Gasteiger partial charge in [0.1, 0.15) is 5.76 Å². The number of rotatable bonds is 8. The minimum absolute atomic E-state index is 0.0000991. The fourth-order valence-corrected chi connectivity index (χ4v) is 3.33. The van der Waals surface area contributed by atoms with E-state index in [-0.39, 0.29) is 11.5 Å². The predicted octanol–water partition coefficient (Wildman–Crippen LogP) is 0.620. The lowest BCUT2D eigenvalue weighted by molar-refractivity contribution is -0.121. The topological polar surface area (TPSA) is 102 Å². The Kier molecular flexibility index (Phi) is 6.57. The van der Waals surface area contributed by atoms with Crippen molar-refractivity contribution in [2.75, 3.05) is 39.4 Å². The van der Waals surface area contributed by atoms with E-state index in [0.717, 1.165) is 39.3 Å². The number of carbonyl (C=O) groups excluding carboxylic acids is 1. The highest BCUT2D eigenvalue weighted by Gasteiger charge is 2.15. The van der Waals surface area contributed by atoms with Crippen molar-refractivity contribution in [2.45, 2.75) is 39.7 Å². The van der Waals surface area contributed by atoms with Gasteiger partial charge in [-0.25, -0.2) is 4.68 Å². The number of nitrogens with one attached hydrogen (secondary N) is 1. The molecule has 1 saturated heterocycles. The summed E-state index contributed by atoms with van der Waals surface area (Å²) in [5, 5.41) is 11.8. The number of amides is 1. The number of carbonyl (C=O) groups is 1. The Morgan fingerprint density at radius 2 is 1.96 bits per heavy atom. The Morgan fingerprint density at radius 3 is 2.74 bits per heavy atom. The van der Waals surface area contributed by atoms with Gasteiger partial charge in [-0.2, -0.15) is 5.10 Å². The second kappa shape index (κ2) is 9.09. The standard InChI is InChI=1S/C18H27N5O4/c1-13-16-14(2)27-21-17(16)18(25)23(20-13)8-3-5-15(24)19-6-4-7-22-9-11-26-12-10-22/h3-12H2,1-2H3,(H,19,24). The molecule has 1 fully saturated rings. The van der Waals surface area contributed by atoms with Gasteiger partial charge in [0.05, 0.1) is 24.3 Å². The van der Waals surface area contributed by atoms with E-state index < -0.39 is 0 Å².